The highest BCUT2D eigenvalue weighted by molar-refractivity contribution is 9.10. The van der Waals surface area contributed by atoms with Crippen LogP contribution in [-0.2, 0) is 23.1 Å². The summed E-state index contributed by atoms with van der Waals surface area (Å²) in [6.07, 6.45) is 0. The molecule has 0 atom stereocenters. The molecule has 2 rings (SSSR count). The number of halogens is 2. The zero-order valence-corrected chi connectivity index (χ0v) is 14.2. The summed E-state index contributed by atoms with van der Waals surface area (Å²) in [5.41, 5.74) is 7.18. The Morgan fingerprint density at radius 1 is 1.14 bits per heavy atom. The molecule has 21 heavy (non-hydrogen) atoms. The van der Waals surface area contributed by atoms with Gasteiger partial charge in [0.1, 0.15) is 0 Å². The second-order valence-corrected chi connectivity index (χ2v) is 7.45. The molecule has 2 aromatic carbocycles. The molecule has 4 nitrogen and oxygen atoms in total. The zero-order valence-electron chi connectivity index (χ0n) is 11.0. The first-order valence-corrected chi connectivity index (χ1v) is 8.80. The molecular weight excluding hydrogens is 376 g/mol. The highest BCUT2D eigenvalue weighted by atomic mass is 79.9. The summed E-state index contributed by atoms with van der Waals surface area (Å²) in [5, 5.41) is 0.570. The molecule has 0 saturated carbocycles. The van der Waals surface area contributed by atoms with Crippen LogP contribution >= 0.6 is 27.5 Å². The molecule has 0 saturated heterocycles. The van der Waals surface area contributed by atoms with Crippen molar-refractivity contribution in [3.05, 3.63) is 63.1 Å². The predicted molar refractivity (Wildman–Crippen MR) is 87.5 cm³/mol. The van der Waals surface area contributed by atoms with Crippen LogP contribution in [-0.4, -0.2) is 8.42 Å². The van der Waals surface area contributed by atoms with Gasteiger partial charge in [-0.3, -0.25) is 0 Å². The highest BCUT2D eigenvalue weighted by Gasteiger charge is 2.17. The van der Waals surface area contributed by atoms with Crippen molar-refractivity contribution in [2.45, 2.75) is 18.0 Å². The molecule has 0 aromatic heterocycles. The van der Waals surface area contributed by atoms with Gasteiger partial charge in [0.15, 0.2) is 0 Å². The molecule has 0 aliphatic rings. The van der Waals surface area contributed by atoms with Crippen LogP contribution in [0.2, 0.25) is 5.02 Å². The summed E-state index contributed by atoms with van der Waals surface area (Å²) in [4.78, 5) is 0.182. The largest absolute Gasteiger partial charge is 0.326 e. The van der Waals surface area contributed by atoms with Crippen molar-refractivity contribution in [1.29, 1.82) is 0 Å². The molecule has 0 spiro atoms. The van der Waals surface area contributed by atoms with Crippen LogP contribution in [0.4, 0.5) is 0 Å². The van der Waals surface area contributed by atoms with Gasteiger partial charge in [-0.15, -0.1) is 0 Å². The van der Waals surface area contributed by atoms with Gasteiger partial charge in [0.2, 0.25) is 10.0 Å². The maximum Gasteiger partial charge on any atom is 0.241 e. The van der Waals surface area contributed by atoms with Gasteiger partial charge in [0, 0.05) is 22.6 Å². The van der Waals surface area contributed by atoms with E-state index in [1.54, 1.807) is 36.4 Å². The molecular formula is C14H14BrClN2O2S. The second-order valence-electron chi connectivity index (χ2n) is 4.42. The van der Waals surface area contributed by atoms with Crippen molar-refractivity contribution < 1.29 is 8.42 Å². The Hall–Kier alpha value is -0.920. The lowest BCUT2D eigenvalue weighted by molar-refractivity contribution is 0.581. The van der Waals surface area contributed by atoms with Gasteiger partial charge in [-0.05, 0) is 51.3 Å². The molecule has 0 aliphatic heterocycles. The fraction of sp³-hybridized carbons (Fsp3) is 0.143. The van der Waals surface area contributed by atoms with E-state index in [0.717, 1.165) is 11.1 Å². The molecule has 0 fully saturated rings. The molecule has 112 valence electrons. The number of benzene rings is 2. The third-order valence-electron chi connectivity index (χ3n) is 2.88. The van der Waals surface area contributed by atoms with E-state index >= 15 is 0 Å². The van der Waals surface area contributed by atoms with E-state index in [-0.39, 0.29) is 11.4 Å². The van der Waals surface area contributed by atoms with Crippen LogP contribution in [0, 0.1) is 0 Å². The van der Waals surface area contributed by atoms with Crippen molar-refractivity contribution in [2.75, 3.05) is 0 Å². The maximum atomic E-state index is 12.3. The standard InChI is InChI=1S/C14H14BrClN2O2S/c15-13-7-10(8-17)4-5-14(13)21(19,20)18-9-11-2-1-3-12(16)6-11/h1-7,18H,8-9,17H2. The molecule has 3 N–H and O–H groups in total. The van der Waals surface area contributed by atoms with Gasteiger partial charge < -0.3 is 5.73 Å². The van der Waals surface area contributed by atoms with Crippen LogP contribution in [0.5, 0.6) is 0 Å². The fourth-order valence-corrected chi connectivity index (χ4v) is 4.15. The van der Waals surface area contributed by atoms with Crippen LogP contribution < -0.4 is 10.5 Å². The molecule has 7 heteroatoms. The van der Waals surface area contributed by atoms with E-state index in [1.165, 1.54) is 6.07 Å². The maximum absolute atomic E-state index is 12.3. The van der Waals surface area contributed by atoms with E-state index in [9.17, 15) is 8.42 Å². The normalized spacial score (nSPS) is 11.6. The molecule has 0 aliphatic carbocycles. The third-order valence-corrected chi connectivity index (χ3v) is 5.49. The van der Waals surface area contributed by atoms with Gasteiger partial charge in [-0.2, -0.15) is 0 Å². The molecule has 0 heterocycles. The number of nitrogens with two attached hydrogens (primary N) is 1. The number of hydrogen-bond donors (Lipinski definition) is 2. The van der Waals surface area contributed by atoms with E-state index < -0.39 is 10.0 Å². The summed E-state index contributed by atoms with van der Waals surface area (Å²) in [6, 6.07) is 12.0. The number of nitrogens with one attached hydrogen (secondary N) is 1. The lowest BCUT2D eigenvalue weighted by Crippen LogP contribution is -2.23. The Morgan fingerprint density at radius 2 is 1.90 bits per heavy atom. The van der Waals surface area contributed by atoms with Gasteiger partial charge in [0.05, 0.1) is 4.90 Å². The summed E-state index contributed by atoms with van der Waals surface area (Å²) in [5.74, 6) is 0. The third kappa shape index (κ3) is 4.28. The van der Waals surface area contributed by atoms with Crippen LogP contribution in [0.15, 0.2) is 51.8 Å². The van der Waals surface area contributed by atoms with Crippen molar-refractivity contribution in [2.24, 2.45) is 5.73 Å². The Morgan fingerprint density at radius 3 is 2.52 bits per heavy atom. The smallest absolute Gasteiger partial charge is 0.241 e. The molecule has 0 unspecified atom stereocenters. The predicted octanol–water partition coefficient (Wildman–Crippen LogP) is 3.04. The van der Waals surface area contributed by atoms with Crippen LogP contribution in [0.1, 0.15) is 11.1 Å². The minimum atomic E-state index is -3.61. The van der Waals surface area contributed by atoms with Crippen LogP contribution in [0.25, 0.3) is 0 Å². The Labute approximate surface area is 137 Å². The van der Waals surface area contributed by atoms with Crippen molar-refractivity contribution in [3.8, 4) is 0 Å². The number of rotatable bonds is 5. The second kappa shape index (κ2) is 6.89. The number of hydrogen-bond acceptors (Lipinski definition) is 3. The first kappa shape index (κ1) is 16.5. The zero-order chi connectivity index (χ0) is 15.5. The van der Waals surface area contributed by atoms with E-state index in [1.807, 2.05) is 0 Å². The minimum Gasteiger partial charge on any atom is -0.326 e. The SMILES string of the molecule is NCc1ccc(S(=O)(=O)NCc2cccc(Cl)c2)c(Br)c1. The molecule has 0 radical (unpaired) electrons. The van der Waals surface area contributed by atoms with Gasteiger partial charge in [-0.1, -0.05) is 29.8 Å². The monoisotopic (exact) mass is 388 g/mol. The first-order chi connectivity index (χ1) is 9.92. The summed E-state index contributed by atoms with van der Waals surface area (Å²) in [7, 11) is -3.61. The molecule has 2 aromatic rings. The average Bonchev–Trinajstić information content (AvgIpc) is 2.45. The lowest BCUT2D eigenvalue weighted by atomic mass is 10.2. The average molecular weight is 390 g/mol. The fourth-order valence-electron chi connectivity index (χ4n) is 1.79. The Kier molecular flexibility index (Phi) is 5.40. The Balaban J connectivity index is 2.19. The Bertz CT molecular complexity index is 750. The van der Waals surface area contributed by atoms with E-state index in [2.05, 4.69) is 20.7 Å². The summed E-state index contributed by atoms with van der Waals surface area (Å²) < 4.78 is 27.7. The summed E-state index contributed by atoms with van der Waals surface area (Å²) in [6.45, 7) is 0.531. The van der Waals surface area contributed by atoms with E-state index in [0.29, 0.717) is 16.0 Å². The van der Waals surface area contributed by atoms with Crippen LogP contribution in [0.3, 0.4) is 0 Å². The quantitative estimate of drug-likeness (QED) is 0.825. The first-order valence-electron chi connectivity index (χ1n) is 6.15. The van der Waals surface area contributed by atoms with Gasteiger partial charge in [-0.25, -0.2) is 13.1 Å². The van der Waals surface area contributed by atoms with Crippen molar-refractivity contribution >= 4 is 37.6 Å². The molecule has 0 bridgehead atoms. The topological polar surface area (TPSA) is 72.2 Å². The van der Waals surface area contributed by atoms with Crippen molar-refractivity contribution in [3.63, 3.8) is 0 Å². The lowest BCUT2D eigenvalue weighted by Gasteiger charge is -2.10. The van der Waals surface area contributed by atoms with Gasteiger partial charge >= 0.3 is 0 Å². The minimum absolute atomic E-state index is 0.175. The number of sulfonamides is 1. The van der Waals surface area contributed by atoms with Crippen molar-refractivity contribution in [1.82, 2.24) is 4.72 Å². The van der Waals surface area contributed by atoms with Gasteiger partial charge in [0.25, 0.3) is 0 Å². The molecule has 0 amide bonds. The van der Waals surface area contributed by atoms with E-state index in [4.69, 9.17) is 17.3 Å². The summed E-state index contributed by atoms with van der Waals surface area (Å²) >= 11 is 9.14. The highest BCUT2D eigenvalue weighted by Crippen LogP contribution is 2.23.